The Labute approximate surface area is 170 Å². The number of hydrogen-bond acceptors (Lipinski definition) is 2. The quantitative estimate of drug-likeness (QED) is 0.710. The van der Waals surface area contributed by atoms with Crippen LogP contribution in [0.3, 0.4) is 0 Å². The molecule has 2 atom stereocenters. The molecule has 26 heavy (non-hydrogen) atoms. The summed E-state index contributed by atoms with van der Waals surface area (Å²) in [6, 6.07) is 20.8. The zero-order chi connectivity index (χ0) is 16.4. The summed E-state index contributed by atoms with van der Waals surface area (Å²) in [6.07, 6.45) is 2.61. The molecule has 2 aliphatic rings. The highest BCUT2D eigenvalue weighted by Gasteiger charge is 2.36. The van der Waals surface area contributed by atoms with E-state index in [2.05, 4.69) is 71.3 Å². The summed E-state index contributed by atoms with van der Waals surface area (Å²) in [5.74, 6) is 0.515. The Balaban J connectivity index is 0.00000121. The molecular formula is C22H30Cl2N2. The molecule has 0 spiro atoms. The van der Waals surface area contributed by atoms with Gasteiger partial charge >= 0.3 is 0 Å². The highest BCUT2D eigenvalue weighted by molar-refractivity contribution is 5.85. The molecule has 0 N–H and O–H groups in total. The van der Waals surface area contributed by atoms with E-state index in [4.69, 9.17) is 0 Å². The number of rotatable bonds is 4. The van der Waals surface area contributed by atoms with E-state index in [0.29, 0.717) is 12.0 Å². The van der Waals surface area contributed by atoms with Crippen molar-refractivity contribution in [3.05, 3.63) is 71.3 Å². The maximum absolute atomic E-state index is 2.72. The largest absolute Gasteiger partial charge is 0.300 e. The predicted molar refractivity (Wildman–Crippen MR) is 115 cm³/mol. The standard InChI is InChI=1S/C22H28N2.2ClH/c1-2-3-13-23-14-15-24-16-21(18-9-5-4-6-10-18)19-11-7-8-12-20(19)22(24)17-23;;/h4-12,21-22H,2-3,13-17H2,1H3;2*1H. The van der Waals surface area contributed by atoms with E-state index >= 15 is 0 Å². The third-order valence-corrected chi connectivity index (χ3v) is 5.75. The highest BCUT2D eigenvalue weighted by atomic mass is 35.5. The van der Waals surface area contributed by atoms with E-state index in [-0.39, 0.29) is 24.8 Å². The van der Waals surface area contributed by atoms with Gasteiger partial charge in [0.2, 0.25) is 0 Å². The van der Waals surface area contributed by atoms with Crippen molar-refractivity contribution in [1.29, 1.82) is 0 Å². The first-order valence-electron chi connectivity index (χ1n) is 9.47. The average molecular weight is 393 g/mol. The van der Waals surface area contributed by atoms with Gasteiger partial charge in [-0.2, -0.15) is 0 Å². The lowest BCUT2D eigenvalue weighted by Crippen LogP contribution is -2.51. The molecule has 142 valence electrons. The minimum atomic E-state index is 0. The van der Waals surface area contributed by atoms with Crippen LogP contribution in [0.25, 0.3) is 0 Å². The van der Waals surface area contributed by atoms with Gasteiger partial charge in [-0.3, -0.25) is 4.90 Å². The molecule has 1 saturated heterocycles. The summed E-state index contributed by atoms with van der Waals surface area (Å²) in [6.45, 7) is 8.32. The Kier molecular flexibility index (Phi) is 7.97. The number of piperazine rings is 1. The van der Waals surface area contributed by atoms with Gasteiger partial charge in [-0.15, -0.1) is 24.8 Å². The molecule has 0 bridgehead atoms. The highest BCUT2D eigenvalue weighted by Crippen LogP contribution is 2.40. The normalized spacial score (nSPS) is 22.5. The van der Waals surface area contributed by atoms with Crippen LogP contribution in [-0.2, 0) is 0 Å². The second-order valence-corrected chi connectivity index (χ2v) is 7.26. The van der Waals surface area contributed by atoms with Crippen molar-refractivity contribution in [3.8, 4) is 0 Å². The predicted octanol–water partition coefficient (Wildman–Crippen LogP) is 5.13. The molecule has 2 aromatic rings. The molecule has 2 unspecified atom stereocenters. The Morgan fingerprint density at radius 3 is 2.27 bits per heavy atom. The zero-order valence-electron chi connectivity index (χ0n) is 15.5. The van der Waals surface area contributed by atoms with Gasteiger partial charge in [-0.1, -0.05) is 67.9 Å². The van der Waals surface area contributed by atoms with E-state index in [1.165, 1.54) is 44.6 Å². The minimum Gasteiger partial charge on any atom is -0.300 e. The Hall–Kier alpha value is -1.06. The van der Waals surface area contributed by atoms with E-state index < -0.39 is 0 Å². The summed E-state index contributed by atoms with van der Waals surface area (Å²) in [5, 5.41) is 0. The van der Waals surface area contributed by atoms with Gasteiger partial charge in [0, 0.05) is 38.1 Å². The molecule has 0 aromatic heterocycles. The first-order chi connectivity index (χ1) is 11.9. The van der Waals surface area contributed by atoms with E-state index in [0.717, 1.165) is 6.54 Å². The lowest BCUT2D eigenvalue weighted by atomic mass is 9.80. The second kappa shape index (κ2) is 9.75. The average Bonchev–Trinajstić information content (AvgIpc) is 2.66. The van der Waals surface area contributed by atoms with Crippen molar-refractivity contribution in [3.63, 3.8) is 0 Å². The Bertz CT molecular complexity index is 677. The van der Waals surface area contributed by atoms with Crippen molar-refractivity contribution in [2.24, 2.45) is 0 Å². The summed E-state index contributed by atoms with van der Waals surface area (Å²) in [4.78, 5) is 5.40. The topological polar surface area (TPSA) is 6.48 Å². The fourth-order valence-electron chi connectivity index (χ4n) is 4.41. The van der Waals surface area contributed by atoms with E-state index in [9.17, 15) is 0 Å². The molecule has 0 saturated carbocycles. The lowest BCUT2D eigenvalue weighted by molar-refractivity contribution is 0.0620. The fraction of sp³-hybridized carbons (Fsp3) is 0.455. The van der Waals surface area contributed by atoms with Crippen LogP contribution in [0.5, 0.6) is 0 Å². The van der Waals surface area contributed by atoms with Gasteiger partial charge in [-0.05, 0) is 29.7 Å². The minimum absolute atomic E-state index is 0. The van der Waals surface area contributed by atoms with Crippen LogP contribution in [0.4, 0.5) is 0 Å². The van der Waals surface area contributed by atoms with Gasteiger partial charge in [0.15, 0.2) is 0 Å². The molecule has 2 aliphatic heterocycles. The number of unbranched alkanes of at least 4 members (excludes halogenated alkanes) is 1. The lowest BCUT2D eigenvalue weighted by Gasteiger charge is -2.47. The molecule has 1 fully saturated rings. The molecule has 2 aromatic carbocycles. The van der Waals surface area contributed by atoms with Crippen molar-refractivity contribution in [1.82, 2.24) is 9.80 Å². The number of benzene rings is 2. The van der Waals surface area contributed by atoms with Gasteiger partial charge in [0.05, 0.1) is 0 Å². The van der Waals surface area contributed by atoms with Gasteiger partial charge < -0.3 is 4.90 Å². The van der Waals surface area contributed by atoms with Gasteiger partial charge in [-0.25, -0.2) is 0 Å². The second-order valence-electron chi connectivity index (χ2n) is 7.26. The summed E-state index contributed by atoms with van der Waals surface area (Å²) in [7, 11) is 0. The van der Waals surface area contributed by atoms with Crippen LogP contribution < -0.4 is 0 Å². The molecule has 0 amide bonds. The molecule has 2 nitrogen and oxygen atoms in total. The maximum Gasteiger partial charge on any atom is 0.0479 e. The van der Waals surface area contributed by atoms with Crippen molar-refractivity contribution < 1.29 is 0 Å². The zero-order valence-corrected chi connectivity index (χ0v) is 17.1. The van der Waals surface area contributed by atoms with Crippen LogP contribution in [0.2, 0.25) is 0 Å². The number of halogens is 2. The summed E-state index contributed by atoms with van der Waals surface area (Å²) in [5.41, 5.74) is 4.55. The van der Waals surface area contributed by atoms with E-state index in [1.807, 2.05) is 0 Å². The third kappa shape index (κ3) is 4.26. The van der Waals surface area contributed by atoms with Crippen LogP contribution >= 0.6 is 24.8 Å². The molecule has 0 radical (unpaired) electrons. The van der Waals surface area contributed by atoms with E-state index in [1.54, 1.807) is 11.1 Å². The van der Waals surface area contributed by atoms with Crippen LogP contribution in [0.1, 0.15) is 48.4 Å². The fourth-order valence-corrected chi connectivity index (χ4v) is 4.41. The molecule has 2 heterocycles. The first kappa shape index (κ1) is 21.2. The van der Waals surface area contributed by atoms with Gasteiger partial charge in [0.25, 0.3) is 0 Å². The number of nitrogens with zero attached hydrogens (tertiary/aromatic N) is 2. The SMILES string of the molecule is CCCCN1CCN2CC(c3ccccc3)c3ccccc3C2C1.Cl.Cl. The molecule has 0 aliphatic carbocycles. The number of fused-ring (bicyclic) bond motifs is 3. The monoisotopic (exact) mass is 392 g/mol. The van der Waals surface area contributed by atoms with Crippen LogP contribution in [0, 0.1) is 0 Å². The first-order valence-corrected chi connectivity index (χ1v) is 9.47. The van der Waals surface area contributed by atoms with Gasteiger partial charge in [0.1, 0.15) is 0 Å². The molecular weight excluding hydrogens is 363 g/mol. The smallest absolute Gasteiger partial charge is 0.0479 e. The molecule has 4 rings (SSSR count). The van der Waals surface area contributed by atoms with Crippen LogP contribution in [-0.4, -0.2) is 42.5 Å². The number of hydrogen-bond donors (Lipinski definition) is 0. The molecule has 4 heteroatoms. The van der Waals surface area contributed by atoms with Crippen molar-refractivity contribution in [2.75, 3.05) is 32.7 Å². The van der Waals surface area contributed by atoms with Crippen molar-refractivity contribution in [2.45, 2.75) is 31.7 Å². The summed E-state index contributed by atoms with van der Waals surface area (Å²) < 4.78 is 0. The van der Waals surface area contributed by atoms with Crippen LogP contribution in [0.15, 0.2) is 54.6 Å². The van der Waals surface area contributed by atoms with Crippen molar-refractivity contribution >= 4 is 24.8 Å². The summed E-state index contributed by atoms with van der Waals surface area (Å²) >= 11 is 0. The Morgan fingerprint density at radius 1 is 0.846 bits per heavy atom. The maximum atomic E-state index is 2.72. The third-order valence-electron chi connectivity index (χ3n) is 5.75. The Morgan fingerprint density at radius 2 is 1.54 bits per heavy atom.